The van der Waals surface area contributed by atoms with Gasteiger partial charge < -0.3 is 14.5 Å². The van der Waals surface area contributed by atoms with Crippen molar-refractivity contribution in [1.29, 1.82) is 0 Å². The molecule has 0 aromatic carbocycles. The molecular formula is C19H36N2O. The normalized spacial score (nSPS) is 33.1. The molecule has 3 heteroatoms. The van der Waals surface area contributed by atoms with Crippen molar-refractivity contribution in [2.24, 2.45) is 11.8 Å². The highest BCUT2D eigenvalue weighted by Gasteiger charge is 2.32. The molecule has 3 nitrogen and oxygen atoms in total. The van der Waals surface area contributed by atoms with Gasteiger partial charge in [-0.15, -0.1) is 0 Å². The van der Waals surface area contributed by atoms with E-state index >= 15 is 0 Å². The van der Waals surface area contributed by atoms with Gasteiger partial charge in [0.2, 0.25) is 0 Å². The predicted octanol–water partition coefficient (Wildman–Crippen LogP) is 3.76. The number of hydrogen-bond acceptors (Lipinski definition) is 3. The van der Waals surface area contributed by atoms with Gasteiger partial charge in [-0.05, 0) is 84.3 Å². The van der Waals surface area contributed by atoms with Crippen LogP contribution < -0.4 is 0 Å². The van der Waals surface area contributed by atoms with Crippen LogP contribution >= 0.6 is 0 Å². The van der Waals surface area contributed by atoms with Crippen LogP contribution in [0, 0.1) is 11.8 Å². The Morgan fingerprint density at radius 1 is 0.864 bits per heavy atom. The number of nitrogens with zero attached hydrogens (tertiary/aromatic N) is 2. The van der Waals surface area contributed by atoms with Crippen molar-refractivity contribution in [2.75, 3.05) is 34.3 Å². The predicted molar refractivity (Wildman–Crippen MR) is 94.0 cm³/mol. The number of hydrogen-bond donors (Lipinski definition) is 0. The van der Waals surface area contributed by atoms with Gasteiger partial charge in [0, 0.05) is 18.6 Å². The summed E-state index contributed by atoms with van der Waals surface area (Å²) in [6, 6.07) is 1.60. The van der Waals surface area contributed by atoms with Gasteiger partial charge in [0.1, 0.15) is 0 Å². The van der Waals surface area contributed by atoms with Crippen molar-refractivity contribution in [3.05, 3.63) is 12.8 Å². The zero-order valence-corrected chi connectivity index (χ0v) is 15.0. The molecule has 0 unspecified atom stereocenters. The van der Waals surface area contributed by atoms with E-state index in [2.05, 4.69) is 37.5 Å². The minimum Gasteiger partial charge on any atom is -0.500 e. The fraction of sp³-hybridized carbons (Fsp3) is 0.895. The minimum atomic E-state index is 0.766. The van der Waals surface area contributed by atoms with Crippen molar-refractivity contribution in [3.8, 4) is 0 Å². The fourth-order valence-corrected chi connectivity index (χ4v) is 4.57. The highest BCUT2D eigenvalue weighted by Crippen LogP contribution is 2.39. The largest absolute Gasteiger partial charge is 0.500 e. The van der Waals surface area contributed by atoms with E-state index in [4.69, 9.17) is 4.74 Å². The van der Waals surface area contributed by atoms with Crippen molar-refractivity contribution in [2.45, 2.75) is 63.5 Å². The summed E-state index contributed by atoms with van der Waals surface area (Å²) in [4.78, 5) is 4.91. The molecule has 2 rings (SSSR count). The van der Waals surface area contributed by atoms with E-state index in [1.807, 2.05) is 0 Å². The van der Waals surface area contributed by atoms with Gasteiger partial charge >= 0.3 is 0 Å². The first-order valence-electron chi connectivity index (χ1n) is 9.21. The maximum atomic E-state index is 5.26. The highest BCUT2D eigenvalue weighted by molar-refractivity contribution is 4.86. The van der Waals surface area contributed by atoms with Crippen molar-refractivity contribution in [1.82, 2.24) is 9.80 Å². The second-order valence-electron chi connectivity index (χ2n) is 7.62. The molecule has 2 aliphatic carbocycles. The van der Waals surface area contributed by atoms with Crippen LogP contribution in [0.3, 0.4) is 0 Å². The Morgan fingerprint density at radius 2 is 1.36 bits per heavy atom. The zero-order chi connectivity index (χ0) is 15.9. The molecule has 2 fully saturated rings. The van der Waals surface area contributed by atoms with Gasteiger partial charge in [0.15, 0.2) is 0 Å². The Kier molecular flexibility index (Phi) is 7.23. The van der Waals surface area contributed by atoms with Gasteiger partial charge in [-0.2, -0.15) is 0 Å². The third-order valence-electron chi connectivity index (χ3n) is 6.18. The molecule has 0 heterocycles. The lowest BCUT2D eigenvalue weighted by Crippen LogP contribution is -2.39. The van der Waals surface area contributed by atoms with Crippen LogP contribution in [-0.2, 0) is 4.74 Å². The Bertz CT molecular complexity index is 315. The number of ether oxygens (including phenoxy) is 1. The van der Waals surface area contributed by atoms with Gasteiger partial charge in [-0.3, -0.25) is 0 Å². The van der Waals surface area contributed by atoms with Gasteiger partial charge in [0.25, 0.3) is 0 Å². The lowest BCUT2D eigenvalue weighted by Gasteiger charge is -2.41. The third-order valence-corrected chi connectivity index (χ3v) is 6.18. The summed E-state index contributed by atoms with van der Waals surface area (Å²) >= 11 is 0. The van der Waals surface area contributed by atoms with E-state index < -0.39 is 0 Å². The van der Waals surface area contributed by atoms with Crippen LogP contribution in [-0.4, -0.2) is 56.2 Å². The summed E-state index contributed by atoms with van der Waals surface area (Å²) in [5, 5.41) is 0. The lowest BCUT2D eigenvalue weighted by atomic mass is 9.71. The lowest BCUT2D eigenvalue weighted by molar-refractivity contribution is 0.0928. The van der Waals surface area contributed by atoms with Crippen LogP contribution in [0.15, 0.2) is 12.8 Å². The molecule has 0 spiro atoms. The maximum Gasteiger partial charge on any atom is 0.0999 e. The Morgan fingerprint density at radius 3 is 1.82 bits per heavy atom. The van der Waals surface area contributed by atoms with E-state index in [1.54, 1.807) is 6.26 Å². The number of rotatable bonds is 7. The fourth-order valence-electron chi connectivity index (χ4n) is 4.57. The van der Waals surface area contributed by atoms with E-state index in [1.165, 1.54) is 51.4 Å². The summed E-state index contributed by atoms with van der Waals surface area (Å²) in [6.45, 7) is 5.40. The Hall–Kier alpha value is -0.540. The van der Waals surface area contributed by atoms with Gasteiger partial charge in [-0.1, -0.05) is 6.58 Å². The molecule has 0 amide bonds. The van der Waals surface area contributed by atoms with Gasteiger partial charge in [0.05, 0.1) is 12.9 Å². The monoisotopic (exact) mass is 308 g/mol. The molecule has 0 saturated heterocycles. The van der Waals surface area contributed by atoms with Crippen LogP contribution in [0.1, 0.15) is 51.4 Å². The van der Waals surface area contributed by atoms with E-state index in [-0.39, 0.29) is 0 Å². The molecule has 2 aliphatic rings. The van der Waals surface area contributed by atoms with Crippen LogP contribution in [0.4, 0.5) is 0 Å². The third kappa shape index (κ3) is 4.99. The topological polar surface area (TPSA) is 15.7 Å². The minimum absolute atomic E-state index is 0.766. The van der Waals surface area contributed by atoms with Crippen LogP contribution in [0.5, 0.6) is 0 Å². The molecule has 0 bridgehead atoms. The summed E-state index contributed by atoms with van der Waals surface area (Å²) in [5.74, 6) is 2.00. The second kappa shape index (κ2) is 8.93. The molecule has 128 valence electrons. The molecule has 0 aromatic heterocycles. The first kappa shape index (κ1) is 17.8. The van der Waals surface area contributed by atoms with E-state index in [0.717, 1.165) is 37.1 Å². The van der Waals surface area contributed by atoms with Crippen molar-refractivity contribution < 1.29 is 4.74 Å². The molecule has 22 heavy (non-hydrogen) atoms. The molecule has 0 aromatic rings. The average molecular weight is 309 g/mol. The van der Waals surface area contributed by atoms with E-state index in [0.29, 0.717) is 0 Å². The molecule has 0 N–H and O–H groups in total. The molecule has 0 atom stereocenters. The maximum absolute atomic E-state index is 5.26. The first-order chi connectivity index (χ1) is 10.6. The summed E-state index contributed by atoms with van der Waals surface area (Å²) in [5.41, 5.74) is 0. The molecule has 0 aliphatic heterocycles. The zero-order valence-electron chi connectivity index (χ0n) is 15.0. The van der Waals surface area contributed by atoms with Crippen LogP contribution in [0.25, 0.3) is 0 Å². The van der Waals surface area contributed by atoms with E-state index in [9.17, 15) is 0 Å². The average Bonchev–Trinajstić information content (AvgIpc) is 2.55. The summed E-state index contributed by atoms with van der Waals surface area (Å²) in [7, 11) is 6.73. The Balaban J connectivity index is 1.68. The molecule has 0 radical (unpaired) electrons. The van der Waals surface area contributed by atoms with Crippen LogP contribution in [0.2, 0.25) is 0 Å². The Labute approximate surface area is 137 Å². The molecular weight excluding hydrogens is 272 g/mol. The first-order valence-corrected chi connectivity index (χ1v) is 9.21. The SMILES string of the molecule is C=COCCN(C)C1CCC(C2CCC(N(C)C)CC2)CC1. The van der Waals surface area contributed by atoms with Crippen molar-refractivity contribution >= 4 is 0 Å². The smallest absolute Gasteiger partial charge is 0.0999 e. The quantitative estimate of drug-likeness (QED) is 0.526. The second-order valence-corrected chi connectivity index (χ2v) is 7.62. The van der Waals surface area contributed by atoms with Crippen molar-refractivity contribution in [3.63, 3.8) is 0 Å². The highest BCUT2D eigenvalue weighted by atomic mass is 16.5. The van der Waals surface area contributed by atoms with Gasteiger partial charge in [-0.25, -0.2) is 0 Å². The summed E-state index contributed by atoms with van der Waals surface area (Å²) in [6.07, 6.45) is 12.9. The molecule has 2 saturated carbocycles. The summed E-state index contributed by atoms with van der Waals surface area (Å²) < 4.78 is 5.26. The number of likely N-dealkylation sites (N-methyl/N-ethyl adjacent to an activating group) is 1. The standard InChI is InChI=1S/C19H36N2O/c1-5-22-15-14-21(4)19-12-8-17(9-13-19)16-6-10-18(11-7-16)20(2)3/h5,16-19H,1,6-15H2,2-4H3.